The third-order valence-electron chi connectivity index (χ3n) is 2.07. The highest BCUT2D eigenvalue weighted by Crippen LogP contribution is 2.18. The van der Waals surface area contributed by atoms with E-state index in [1.807, 2.05) is 6.92 Å². The molecule has 0 aliphatic carbocycles. The molecule has 3 nitrogen and oxygen atoms in total. The summed E-state index contributed by atoms with van der Waals surface area (Å²) < 4.78 is 0. The average Bonchev–Trinajstić information content (AvgIpc) is 2.04. The van der Waals surface area contributed by atoms with E-state index in [1.165, 1.54) is 0 Å². The fourth-order valence-electron chi connectivity index (χ4n) is 1.18. The van der Waals surface area contributed by atoms with Gasteiger partial charge in [0.2, 0.25) is 0 Å². The Labute approximate surface area is 79.1 Å². The zero-order chi connectivity index (χ0) is 10.4. The molecule has 0 aromatic carbocycles. The molecule has 3 heteroatoms. The van der Waals surface area contributed by atoms with Gasteiger partial charge in [-0.1, -0.05) is 31.9 Å². The first-order valence-electron chi connectivity index (χ1n) is 4.57. The van der Waals surface area contributed by atoms with Crippen LogP contribution in [0.25, 0.3) is 0 Å². The van der Waals surface area contributed by atoms with Gasteiger partial charge in [0.15, 0.2) is 0 Å². The molecule has 0 fully saturated rings. The Balaban J connectivity index is 4.24. The van der Waals surface area contributed by atoms with Crippen LogP contribution in [0.5, 0.6) is 0 Å². The standard InChI is InChI=1S/C10H18O3/c1-4-5-6-8(10(12)13)9(11)7(2)3/h8-9,11H,2,4-6H2,1,3H3,(H,12,13). The Hall–Kier alpha value is -0.830. The molecule has 2 atom stereocenters. The molecule has 0 aromatic heterocycles. The quantitative estimate of drug-likeness (QED) is 0.622. The lowest BCUT2D eigenvalue weighted by molar-refractivity contribution is -0.145. The Kier molecular flexibility index (Phi) is 5.39. The van der Waals surface area contributed by atoms with Gasteiger partial charge in [-0.2, -0.15) is 0 Å². The van der Waals surface area contributed by atoms with Crippen molar-refractivity contribution in [1.82, 2.24) is 0 Å². The molecule has 2 N–H and O–H groups in total. The van der Waals surface area contributed by atoms with Crippen LogP contribution in [0.4, 0.5) is 0 Å². The second-order valence-corrected chi connectivity index (χ2v) is 3.38. The summed E-state index contributed by atoms with van der Waals surface area (Å²) in [5.74, 6) is -1.64. The predicted molar refractivity (Wildman–Crippen MR) is 51.5 cm³/mol. The van der Waals surface area contributed by atoms with E-state index in [0.717, 1.165) is 12.8 Å². The van der Waals surface area contributed by atoms with Gasteiger partial charge in [0.1, 0.15) is 0 Å². The first kappa shape index (κ1) is 12.2. The summed E-state index contributed by atoms with van der Waals surface area (Å²) in [6, 6.07) is 0. The molecular formula is C10H18O3. The van der Waals surface area contributed by atoms with Gasteiger partial charge < -0.3 is 10.2 Å². The number of rotatable bonds is 6. The maximum absolute atomic E-state index is 10.8. The summed E-state index contributed by atoms with van der Waals surface area (Å²) in [6.07, 6.45) is 1.36. The van der Waals surface area contributed by atoms with Gasteiger partial charge >= 0.3 is 5.97 Å². The van der Waals surface area contributed by atoms with E-state index in [0.29, 0.717) is 12.0 Å². The molecule has 2 unspecified atom stereocenters. The third kappa shape index (κ3) is 4.08. The van der Waals surface area contributed by atoms with Crippen LogP contribution in [-0.2, 0) is 4.79 Å². The van der Waals surface area contributed by atoms with Gasteiger partial charge in [0.05, 0.1) is 12.0 Å². The molecule has 0 heterocycles. The van der Waals surface area contributed by atoms with Crippen LogP contribution in [-0.4, -0.2) is 22.3 Å². The van der Waals surface area contributed by atoms with E-state index in [9.17, 15) is 9.90 Å². The molecule has 0 rings (SSSR count). The van der Waals surface area contributed by atoms with Crippen molar-refractivity contribution < 1.29 is 15.0 Å². The lowest BCUT2D eigenvalue weighted by Gasteiger charge is -2.18. The molecule has 0 bridgehead atoms. The molecule has 0 amide bonds. The number of carboxylic acids is 1. The van der Waals surface area contributed by atoms with Crippen molar-refractivity contribution in [3.8, 4) is 0 Å². The Bertz CT molecular complexity index is 187. The van der Waals surface area contributed by atoms with Crippen LogP contribution >= 0.6 is 0 Å². The highest BCUT2D eigenvalue weighted by Gasteiger charge is 2.25. The minimum absolute atomic E-state index is 0.514. The largest absolute Gasteiger partial charge is 0.481 e. The summed E-state index contributed by atoms with van der Waals surface area (Å²) >= 11 is 0. The first-order chi connectivity index (χ1) is 6.00. The molecule has 0 aliphatic rings. The number of hydrogen-bond donors (Lipinski definition) is 2. The molecular weight excluding hydrogens is 168 g/mol. The monoisotopic (exact) mass is 186 g/mol. The Morgan fingerprint density at radius 1 is 1.54 bits per heavy atom. The molecule has 0 radical (unpaired) electrons. The van der Waals surface area contributed by atoms with Gasteiger partial charge in [0, 0.05) is 0 Å². The van der Waals surface area contributed by atoms with Gasteiger partial charge in [-0.15, -0.1) is 0 Å². The molecule has 13 heavy (non-hydrogen) atoms. The first-order valence-corrected chi connectivity index (χ1v) is 4.57. The van der Waals surface area contributed by atoms with E-state index < -0.39 is 18.0 Å². The lowest BCUT2D eigenvalue weighted by Crippen LogP contribution is -2.28. The second kappa shape index (κ2) is 5.75. The summed E-state index contributed by atoms with van der Waals surface area (Å²) in [7, 11) is 0. The Morgan fingerprint density at radius 3 is 2.38 bits per heavy atom. The maximum Gasteiger partial charge on any atom is 0.309 e. The number of aliphatic hydroxyl groups excluding tert-OH is 1. The number of hydrogen-bond acceptors (Lipinski definition) is 2. The van der Waals surface area contributed by atoms with Gasteiger partial charge in [-0.3, -0.25) is 4.79 Å². The van der Waals surface area contributed by atoms with Crippen molar-refractivity contribution >= 4 is 5.97 Å². The Morgan fingerprint density at radius 2 is 2.08 bits per heavy atom. The van der Waals surface area contributed by atoms with Gasteiger partial charge in [0.25, 0.3) is 0 Å². The highest BCUT2D eigenvalue weighted by atomic mass is 16.4. The molecule has 0 spiro atoms. The number of aliphatic carboxylic acids is 1. The highest BCUT2D eigenvalue weighted by molar-refractivity contribution is 5.71. The van der Waals surface area contributed by atoms with Crippen molar-refractivity contribution in [3.63, 3.8) is 0 Å². The van der Waals surface area contributed by atoms with E-state index >= 15 is 0 Å². The zero-order valence-corrected chi connectivity index (χ0v) is 8.29. The molecule has 0 aromatic rings. The van der Waals surface area contributed by atoms with Crippen LogP contribution in [0.15, 0.2) is 12.2 Å². The second-order valence-electron chi connectivity index (χ2n) is 3.38. The molecule has 0 saturated carbocycles. The summed E-state index contributed by atoms with van der Waals surface area (Å²) in [5, 5.41) is 18.3. The van der Waals surface area contributed by atoms with Crippen molar-refractivity contribution in [1.29, 1.82) is 0 Å². The topological polar surface area (TPSA) is 57.5 Å². The van der Waals surface area contributed by atoms with Crippen LogP contribution in [0, 0.1) is 5.92 Å². The maximum atomic E-state index is 10.8. The predicted octanol–water partition coefficient (Wildman–Crippen LogP) is 1.81. The molecule has 0 saturated heterocycles. The van der Waals surface area contributed by atoms with Gasteiger partial charge in [-0.05, 0) is 13.3 Å². The summed E-state index contributed by atoms with van der Waals surface area (Å²) in [5.41, 5.74) is 0.517. The number of aliphatic hydroxyl groups is 1. The van der Waals surface area contributed by atoms with Crippen LogP contribution in [0.3, 0.4) is 0 Å². The van der Waals surface area contributed by atoms with E-state index in [1.54, 1.807) is 6.92 Å². The zero-order valence-electron chi connectivity index (χ0n) is 8.29. The average molecular weight is 186 g/mol. The van der Waals surface area contributed by atoms with Crippen LogP contribution in [0.1, 0.15) is 33.1 Å². The summed E-state index contributed by atoms with van der Waals surface area (Å²) in [4.78, 5) is 10.8. The van der Waals surface area contributed by atoms with Crippen molar-refractivity contribution in [2.45, 2.75) is 39.2 Å². The van der Waals surface area contributed by atoms with E-state index in [-0.39, 0.29) is 0 Å². The fraction of sp³-hybridized carbons (Fsp3) is 0.700. The minimum atomic E-state index is -0.941. The van der Waals surface area contributed by atoms with E-state index in [4.69, 9.17) is 5.11 Å². The normalized spacial score (nSPS) is 15.0. The SMILES string of the molecule is C=C(C)C(O)C(CCCC)C(=O)O. The number of carboxylic acid groups (broad SMARTS) is 1. The third-order valence-corrected chi connectivity index (χ3v) is 2.07. The lowest BCUT2D eigenvalue weighted by atomic mass is 9.92. The summed E-state index contributed by atoms with van der Waals surface area (Å²) in [6.45, 7) is 7.19. The van der Waals surface area contributed by atoms with Crippen molar-refractivity contribution in [3.05, 3.63) is 12.2 Å². The smallest absolute Gasteiger partial charge is 0.309 e. The number of carbonyl (C=O) groups is 1. The fourth-order valence-corrected chi connectivity index (χ4v) is 1.18. The van der Waals surface area contributed by atoms with Crippen LogP contribution in [0.2, 0.25) is 0 Å². The number of unbranched alkanes of at least 4 members (excludes halogenated alkanes) is 1. The van der Waals surface area contributed by atoms with Crippen molar-refractivity contribution in [2.75, 3.05) is 0 Å². The molecule has 0 aliphatic heterocycles. The van der Waals surface area contributed by atoms with Crippen LogP contribution < -0.4 is 0 Å². The molecule has 76 valence electrons. The van der Waals surface area contributed by atoms with Gasteiger partial charge in [-0.25, -0.2) is 0 Å². The van der Waals surface area contributed by atoms with E-state index in [2.05, 4.69) is 6.58 Å². The minimum Gasteiger partial charge on any atom is -0.481 e. The van der Waals surface area contributed by atoms with Crippen molar-refractivity contribution in [2.24, 2.45) is 5.92 Å².